The summed E-state index contributed by atoms with van der Waals surface area (Å²) >= 11 is 3.44. The van der Waals surface area contributed by atoms with Crippen molar-refractivity contribution in [2.45, 2.75) is 0 Å². The molecule has 0 heterocycles. The van der Waals surface area contributed by atoms with E-state index in [4.69, 9.17) is 5.73 Å². The Morgan fingerprint density at radius 1 is 0.800 bits per heavy atom. The molecule has 0 saturated carbocycles. The third-order valence-electron chi connectivity index (χ3n) is 3.24. The van der Waals surface area contributed by atoms with Gasteiger partial charge >= 0.3 is 0 Å². The van der Waals surface area contributed by atoms with Gasteiger partial charge in [-0.3, -0.25) is 4.79 Å². The van der Waals surface area contributed by atoms with Gasteiger partial charge in [0.05, 0.1) is 0 Å². The average molecular weight is 326 g/mol. The molecule has 0 saturated heterocycles. The minimum atomic E-state index is 0.00909. The van der Waals surface area contributed by atoms with E-state index in [1.165, 1.54) is 0 Å². The Morgan fingerprint density at radius 3 is 2.15 bits per heavy atom. The van der Waals surface area contributed by atoms with Gasteiger partial charge in [-0.05, 0) is 53.2 Å². The fourth-order valence-electron chi connectivity index (χ4n) is 2.16. The Hall–Kier alpha value is -2.13. The van der Waals surface area contributed by atoms with Gasteiger partial charge < -0.3 is 5.73 Å². The molecule has 0 aliphatic rings. The van der Waals surface area contributed by atoms with Crippen molar-refractivity contribution in [1.29, 1.82) is 0 Å². The van der Waals surface area contributed by atoms with Crippen LogP contribution in [0.1, 0.15) is 15.9 Å². The minimum Gasteiger partial charge on any atom is -0.399 e. The van der Waals surface area contributed by atoms with Gasteiger partial charge in [-0.15, -0.1) is 0 Å². The smallest absolute Gasteiger partial charge is 0.193 e. The molecule has 20 heavy (non-hydrogen) atoms. The summed E-state index contributed by atoms with van der Waals surface area (Å²) in [5, 5.41) is 2.16. The van der Waals surface area contributed by atoms with Gasteiger partial charge in [0.1, 0.15) is 0 Å². The Labute approximate surface area is 125 Å². The van der Waals surface area contributed by atoms with Crippen LogP contribution < -0.4 is 5.73 Å². The molecule has 0 aromatic heterocycles. The number of hydrogen-bond donors (Lipinski definition) is 1. The predicted octanol–water partition coefficient (Wildman–Crippen LogP) is 4.42. The van der Waals surface area contributed by atoms with Crippen molar-refractivity contribution in [1.82, 2.24) is 0 Å². The topological polar surface area (TPSA) is 43.1 Å². The Kier molecular flexibility index (Phi) is 3.28. The number of rotatable bonds is 2. The third-order valence-corrected chi connectivity index (χ3v) is 3.73. The highest BCUT2D eigenvalue weighted by molar-refractivity contribution is 9.10. The summed E-state index contributed by atoms with van der Waals surface area (Å²) in [7, 11) is 0. The summed E-state index contributed by atoms with van der Waals surface area (Å²) in [6.07, 6.45) is 0. The van der Waals surface area contributed by atoms with E-state index in [9.17, 15) is 4.79 Å². The average Bonchev–Trinajstić information content (AvgIpc) is 2.47. The number of halogens is 1. The van der Waals surface area contributed by atoms with Gasteiger partial charge in [0.25, 0.3) is 0 Å². The standard InChI is InChI=1S/C17H12BrNO/c18-15-6-3-12-9-14(2-1-13(12)10-15)17(20)11-4-7-16(19)8-5-11/h1-10H,19H2. The van der Waals surface area contributed by atoms with Crippen molar-refractivity contribution >= 4 is 38.2 Å². The van der Waals surface area contributed by atoms with Gasteiger partial charge in [0, 0.05) is 21.3 Å². The minimum absolute atomic E-state index is 0.00909. The van der Waals surface area contributed by atoms with Crippen LogP contribution in [0, 0.1) is 0 Å². The van der Waals surface area contributed by atoms with Crippen LogP contribution in [0.3, 0.4) is 0 Å². The summed E-state index contributed by atoms with van der Waals surface area (Å²) in [4.78, 5) is 12.4. The lowest BCUT2D eigenvalue weighted by molar-refractivity contribution is 0.103. The number of anilines is 1. The number of carbonyl (C=O) groups is 1. The van der Waals surface area contributed by atoms with Crippen molar-refractivity contribution in [3.63, 3.8) is 0 Å². The highest BCUT2D eigenvalue weighted by Gasteiger charge is 2.09. The second kappa shape index (κ2) is 5.10. The summed E-state index contributed by atoms with van der Waals surface area (Å²) < 4.78 is 1.03. The summed E-state index contributed by atoms with van der Waals surface area (Å²) in [6.45, 7) is 0. The highest BCUT2D eigenvalue weighted by Crippen LogP contribution is 2.22. The van der Waals surface area contributed by atoms with Crippen LogP contribution in [0.2, 0.25) is 0 Å². The zero-order chi connectivity index (χ0) is 14.1. The summed E-state index contributed by atoms with van der Waals surface area (Å²) in [6, 6.07) is 18.7. The molecular formula is C17H12BrNO. The van der Waals surface area contributed by atoms with Crippen LogP contribution in [0.25, 0.3) is 10.8 Å². The first kappa shape index (κ1) is 12.9. The first-order valence-corrected chi connectivity index (χ1v) is 7.02. The van der Waals surface area contributed by atoms with Crippen LogP contribution in [-0.2, 0) is 0 Å². The molecule has 3 aromatic rings. The Morgan fingerprint density at radius 2 is 1.40 bits per heavy atom. The molecule has 2 N–H and O–H groups in total. The van der Waals surface area contributed by atoms with Crippen molar-refractivity contribution in [2.24, 2.45) is 0 Å². The van der Waals surface area contributed by atoms with Gasteiger partial charge in [0.2, 0.25) is 0 Å². The Bertz CT molecular complexity index is 794. The van der Waals surface area contributed by atoms with E-state index >= 15 is 0 Å². The monoisotopic (exact) mass is 325 g/mol. The lowest BCUT2D eigenvalue weighted by atomic mass is 10.00. The number of nitrogen functional groups attached to an aromatic ring is 1. The molecule has 3 heteroatoms. The van der Waals surface area contributed by atoms with Crippen LogP contribution in [-0.4, -0.2) is 5.78 Å². The van der Waals surface area contributed by atoms with Gasteiger partial charge in [0.15, 0.2) is 5.78 Å². The molecule has 0 aliphatic carbocycles. The molecule has 0 bridgehead atoms. The molecule has 0 fully saturated rings. The van der Waals surface area contributed by atoms with Crippen LogP contribution in [0.4, 0.5) is 5.69 Å². The molecule has 3 aromatic carbocycles. The van der Waals surface area contributed by atoms with Crippen LogP contribution in [0.5, 0.6) is 0 Å². The second-order valence-electron chi connectivity index (χ2n) is 4.66. The first-order chi connectivity index (χ1) is 9.63. The maximum atomic E-state index is 12.4. The number of fused-ring (bicyclic) bond motifs is 1. The zero-order valence-electron chi connectivity index (χ0n) is 10.6. The molecule has 0 atom stereocenters. The van der Waals surface area contributed by atoms with E-state index in [0.29, 0.717) is 16.8 Å². The molecule has 0 unspecified atom stereocenters. The molecule has 0 aliphatic heterocycles. The van der Waals surface area contributed by atoms with E-state index in [-0.39, 0.29) is 5.78 Å². The lowest BCUT2D eigenvalue weighted by Gasteiger charge is -2.04. The van der Waals surface area contributed by atoms with E-state index < -0.39 is 0 Å². The molecule has 2 nitrogen and oxygen atoms in total. The van der Waals surface area contributed by atoms with Crippen LogP contribution >= 0.6 is 15.9 Å². The third kappa shape index (κ3) is 2.45. The normalized spacial score (nSPS) is 10.7. The predicted molar refractivity (Wildman–Crippen MR) is 85.9 cm³/mol. The fourth-order valence-corrected chi connectivity index (χ4v) is 2.54. The number of nitrogens with two attached hydrogens (primary N) is 1. The molecular weight excluding hydrogens is 314 g/mol. The highest BCUT2D eigenvalue weighted by atomic mass is 79.9. The van der Waals surface area contributed by atoms with E-state index in [0.717, 1.165) is 15.2 Å². The molecule has 0 spiro atoms. The summed E-state index contributed by atoms with van der Waals surface area (Å²) in [5.41, 5.74) is 7.63. The fraction of sp³-hybridized carbons (Fsp3) is 0. The van der Waals surface area contributed by atoms with Gasteiger partial charge in [-0.25, -0.2) is 0 Å². The van der Waals surface area contributed by atoms with E-state index in [1.807, 2.05) is 36.4 Å². The quantitative estimate of drug-likeness (QED) is 0.560. The SMILES string of the molecule is Nc1ccc(C(=O)c2ccc3cc(Br)ccc3c2)cc1. The first-order valence-electron chi connectivity index (χ1n) is 6.23. The number of benzene rings is 3. The number of hydrogen-bond acceptors (Lipinski definition) is 2. The zero-order valence-corrected chi connectivity index (χ0v) is 12.2. The maximum absolute atomic E-state index is 12.4. The van der Waals surface area contributed by atoms with Crippen molar-refractivity contribution in [3.8, 4) is 0 Å². The molecule has 98 valence electrons. The molecule has 0 radical (unpaired) electrons. The largest absolute Gasteiger partial charge is 0.399 e. The lowest BCUT2D eigenvalue weighted by Crippen LogP contribution is -2.01. The number of ketones is 1. The van der Waals surface area contributed by atoms with Gasteiger partial charge in [-0.1, -0.05) is 34.1 Å². The van der Waals surface area contributed by atoms with E-state index in [1.54, 1.807) is 24.3 Å². The maximum Gasteiger partial charge on any atom is 0.193 e. The van der Waals surface area contributed by atoms with Crippen molar-refractivity contribution in [2.75, 3.05) is 5.73 Å². The van der Waals surface area contributed by atoms with Crippen LogP contribution in [0.15, 0.2) is 65.1 Å². The molecule has 0 amide bonds. The second-order valence-corrected chi connectivity index (χ2v) is 5.57. The van der Waals surface area contributed by atoms with Crippen molar-refractivity contribution in [3.05, 3.63) is 76.3 Å². The Balaban J connectivity index is 2.03. The summed E-state index contributed by atoms with van der Waals surface area (Å²) in [5.74, 6) is 0.00909. The van der Waals surface area contributed by atoms with Gasteiger partial charge in [-0.2, -0.15) is 0 Å². The molecule has 3 rings (SSSR count). The van der Waals surface area contributed by atoms with E-state index in [2.05, 4.69) is 15.9 Å². The van der Waals surface area contributed by atoms with Crippen molar-refractivity contribution < 1.29 is 4.79 Å². The number of carbonyl (C=O) groups excluding carboxylic acids is 1.